The predicted octanol–water partition coefficient (Wildman–Crippen LogP) is 0.911. The van der Waals surface area contributed by atoms with E-state index in [0.29, 0.717) is 13.1 Å². The number of carbonyl (C=O) groups is 2. The van der Waals surface area contributed by atoms with E-state index in [1.807, 2.05) is 4.90 Å². The van der Waals surface area contributed by atoms with E-state index in [1.54, 1.807) is 7.05 Å². The lowest BCUT2D eigenvalue weighted by Gasteiger charge is -2.38. The second kappa shape index (κ2) is 6.76. The van der Waals surface area contributed by atoms with Gasteiger partial charge in [-0.1, -0.05) is 0 Å². The summed E-state index contributed by atoms with van der Waals surface area (Å²) in [6, 6.07) is 1.45. The van der Waals surface area contributed by atoms with Gasteiger partial charge in [0.2, 0.25) is 5.91 Å². The number of piperazine rings is 1. The second-order valence-corrected chi connectivity index (χ2v) is 5.69. The highest BCUT2D eigenvalue weighted by atomic mass is 19.4. The summed E-state index contributed by atoms with van der Waals surface area (Å²) in [5.41, 5.74) is -0.897. The number of hydrogen-bond donors (Lipinski definition) is 1. The van der Waals surface area contributed by atoms with Crippen molar-refractivity contribution >= 4 is 11.8 Å². The summed E-state index contributed by atoms with van der Waals surface area (Å²) < 4.78 is 38.0. The zero-order valence-corrected chi connectivity index (χ0v) is 13.6. The number of nitrogens with one attached hydrogen (secondary N) is 1. The van der Waals surface area contributed by atoms with E-state index in [0.717, 1.165) is 12.1 Å². The molecular formula is C15H19F3N4O2. The molecule has 9 heteroatoms. The summed E-state index contributed by atoms with van der Waals surface area (Å²) in [5.74, 6) is -0.631. The van der Waals surface area contributed by atoms with Gasteiger partial charge in [-0.05, 0) is 26.1 Å². The fraction of sp³-hybridized carbons (Fsp3) is 0.533. The zero-order chi connectivity index (χ0) is 18.1. The molecule has 0 spiro atoms. The van der Waals surface area contributed by atoms with Crippen LogP contribution in [0.3, 0.4) is 0 Å². The molecule has 2 rings (SSSR count). The summed E-state index contributed by atoms with van der Waals surface area (Å²) >= 11 is 0. The number of aromatic nitrogens is 1. The molecule has 1 N–H and O–H groups in total. The molecular weight excluding hydrogens is 325 g/mol. The van der Waals surface area contributed by atoms with Gasteiger partial charge in [-0.15, -0.1) is 0 Å². The molecule has 0 saturated carbocycles. The molecule has 1 aromatic rings. The third kappa shape index (κ3) is 3.66. The monoisotopic (exact) mass is 344 g/mol. The molecule has 1 saturated heterocycles. The lowest BCUT2D eigenvalue weighted by Crippen LogP contribution is -2.58. The van der Waals surface area contributed by atoms with Crippen LogP contribution in [0.25, 0.3) is 0 Å². The number of rotatable bonds is 2. The van der Waals surface area contributed by atoms with Crippen molar-refractivity contribution in [1.29, 1.82) is 0 Å². The molecule has 6 nitrogen and oxygen atoms in total. The van der Waals surface area contributed by atoms with Gasteiger partial charge in [-0.2, -0.15) is 13.2 Å². The first kappa shape index (κ1) is 18.2. The lowest BCUT2D eigenvalue weighted by molar-refractivity contribution is -0.141. The van der Waals surface area contributed by atoms with Gasteiger partial charge in [0.15, 0.2) is 0 Å². The van der Waals surface area contributed by atoms with Crippen LogP contribution in [-0.2, 0) is 11.0 Å². The van der Waals surface area contributed by atoms with Crippen molar-refractivity contribution in [2.75, 3.05) is 33.7 Å². The van der Waals surface area contributed by atoms with Crippen molar-refractivity contribution < 1.29 is 22.8 Å². The van der Waals surface area contributed by atoms with Gasteiger partial charge in [-0.3, -0.25) is 14.5 Å². The van der Waals surface area contributed by atoms with Crippen LogP contribution in [0.15, 0.2) is 12.1 Å². The lowest BCUT2D eigenvalue weighted by atomic mass is 10.1. The smallest absolute Gasteiger partial charge is 0.358 e. The Kier molecular flexibility index (Phi) is 5.12. The van der Waals surface area contributed by atoms with E-state index < -0.39 is 23.8 Å². The number of halogens is 3. The number of carbonyl (C=O) groups excluding carboxylic acids is 2. The number of amides is 2. The van der Waals surface area contributed by atoms with Gasteiger partial charge in [-0.25, -0.2) is 4.98 Å². The fourth-order valence-electron chi connectivity index (χ4n) is 2.62. The Morgan fingerprint density at radius 3 is 2.50 bits per heavy atom. The maximum absolute atomic E-state index is 12.7. The van der Waals surface area contributed by atoms with Crippen molar-refractivity contribution in [3.63, 3.8) is 0 Å². The van der Waals surface area contributed by atoms with E-state index in [2.05, 4.69) is 10.3 Å². The Hall–Kier alpha value is -2.16. The first-order valence-electron chi connectivity index (χ1n) is 7.41. The van der Waals surface area contributed by atoms with Crippen LogP contribution < -0.4 is 5.32 Å². The first-order chi connectivity index (χ1) is 11.1. The van der Waals surface area contributed by atoms with Gasteiger partial charge in [0, 0.05) is 26.7 Å². The highest BCUT2D eigenvalue weighted by molar-refractivity contribution is 5.96. The molecule has 1 atom stereocenters. The molecule has 132 valence electrons. The maximum Gasteiger partial charge on any atom is 0.433 e. The molecule has 2 heterocycles. The molecule has 1 aromatic heterocycles. The number of pyridine rings is 1. The average Bonchev–Trinajstić information content (AvgIpc) is 2.53. The highest BCUT2D eigenvalue weighted by Crippen LogP contribution is 2.28. The Morgan fingerprint density at radius 1 is 1.29 bits per heavy atom. The minimum absolute atomic E-state index is 0.0187. The Morgan fingerprint density at radius 2 is 1.96 bits per heavy atom. The number of aryl methyl sites for hydroxylation is 1. The van der Waals surface area contributed by atoms with Gasteiger partial charge < -0.3 is 10.2 Å². The molecule has 24 heavy (non-hydrogen) atoms. The van der Waals surface area contributed by atoms with Crippen LogP contribution in [0.4, 0.5) is 13.2 Å². The minimum Gasteiger partial charge on any atom is -0.358 e. The first-order valence-corrected chi connectivity index (χ1v) is 7.41. The van der Waals surface area contributed by atoms with Crippen molar-refractivity contribution in [1.82, 2.24) is 20.1 Å². The van der Waals surface area contributed by atoms with Crippen LogP contribution >= 0.6 is 0 Å². The van der Waals surface area contributed by atoms with Gasteiger partial charge in [0.1, 0.15) is 11.7 Å². The van der Waals surface area contributed by atoms with Gasteiger partial charge in [0.05, 0.1) is 11.3 Å². The largest absolute Gasteiger partial charge is 0.433 e. The van der Waals surface area contributed by atoms with E-state index >= 15 is 0 Å². The molecule has 0 bridgehead atoms. The van der Waals surface area contributed by atoms with E-state index in [1.165, 1.54) is 18.9 Å². The quantitative estimate of drug-likeness (QED) is 0.866. The molecule has 1 fully saturated rings. The van der Waals surface area contributed by atoms with E-state index in [4.69, 9.17) is 0 Å². The standard InChI is InChI=1S/C15H19F3N4O2/c1-9-10(4-5-12(20-9)15(16,17)18)14(24)22-7-6-21(3)11(8-22)13(23)19-2/h4-5,11H,6-8H2,1-3H3,(H,19,23)/t11-/m1/s1. The summed E-state index contributed by atoms with van der Waals surface area (Å²) in [4.78, 5) is 31.3. The fourth-order valence-corrected chi connectivity index (χ4v) is 2.62. The number of hydrogen-bond acceptors (Lipinski definition) is 4. The Bertz CT molecular complexity index is 648. The van der Waals surface area contributed by atoms with Gasteiger partial charge in [0.25, 0.3) is 5.91 Å². The van der Waals surface area contributed by atoms with Crippen LogP contribution in [0, 0.1) is 6.92 Å². The van der Waals surface area contributed by atoms with Crippen molar-refractivity contribution in [3.05, 3.63) is 29.1 Å². The molecule has 1 aliphatic rings. The summed E-state index contributed by atoms with van der Waals surface area (Å²) in [5, 5.41) is 2.54. The molecule has 0 aromatic carbocycles. The molecule has 0 aliphatic carbocycles. The zero-order valence-electron chi connectivity index (χ0n) is 13.6. The van der Waals surface area contributed by atoms with Crippen molar-refractivity contribution in [2.24, 2.45) is 0 Å². The maximum atomic E-state index is 12.7. The van der Waals surface area contributed by atoms with Crippen molar-refractivity contribution in [2.45, 2.75) is 19.1 Å². The number of likely N-dealkylation sites (N-methyl/N-ethyl adjacent to an activating group) is 2. The van der Waals surface area contributed by atoms with Gasteiger partial charge >= 0.3 is 6.18 Å². The number of alkyl halides is 3. The van der Waals surface area contributed by atoms with Crippen LogP contribution in [-0.4, -0.2) is 66.4 Å². The van der Waals surface area contributed by atoms with E-state index in [9.17, 15) is 22.8 Å². The Labute approximate surface area is 137 Å². The van der Waals surface area contributed by atoms with Crippen molar-refractivity contribution in [3.8, 4) is 0 Å². The summed E-state index contributed by atoms with van der Waals surface area (Å²) in [6.45, 7) is 2.43. The van der Waals surface area contributed by atoms with Crippen LogP contribution in [0.2, 0.25) is 0 Å². The third-order valence-corrected chi connectivity index (χ3v) is 4.09. The molecule has 2 amide bonds. The molecule has 0 unspecified atom stereocenters. The predicted molar refractivity (Wildman–Crippen MR) is 80.4 cm³/mol. The minimum atomic E-state index is -4.55. The molecule has 0 radical (unpaired) electrons. The van der Waals surface area contributed by atoms with Crippen LogP contribution in [0.1, 0.15) is 21.7 Å². The normalized spacial score (nSPS) is 19.2. The second-order valence-electron chi connectivity index (χ2n) is 5.69. The summed E-state index contributed by atoms with van der Waals surface area (Å²) in [6.07, 6.45) is -4.55. The number of nitrogens with zero attached hydrogens (tertiary/aromatic N) is 3. The van der Waals surface area contributed by atoms with E-state index in [-0.39, 0.29) is 23.7 Å². The molecule has 1 aliphatic heterocycles. The van der Waals surface area contributed by atoms with Crippen LogP contribution in [0.5, 0.6) is 0 Å². The third-order valence-electron chi connectivity index (χ3n) is 4.09. The summed E-state index contributed by atoms with van der Waals surface area (Å²) in [7, 11) is 3.30. The topological polar surface area (TPSA) is 65.5 Å². The average molecular weight is 344 g/mol. The highest BCUT2D eigenvalue weighted by Gasteiger charge is 2.35. The SMILES string of the molecule is CNC(=O)[C@H]1CN(C(=O)c2ccc(C(F)(F)F)nc2C)CCN1C. The Balaban J connectivity index is 2.21.